The minimum absolute atomic E-state index is 0.376. The van der Waals surface area contributed by atoms with Crippen LogP contribution in [0.2, 0.25) is 15.1 Å². The molecule has 132 valence electrons. The number of fused-ring (bicyclic) bond motifs is 3. The molecule has 3 nitrogen and oxygen atoms in total. The zero-order chi connectivity index (χ0) is 18.3. The van der Waals surface area contributed by atoms with Gasteiger partial charge in [-0.05, 0) is 48.0 Å². The van der Waals surface area contributed by atoms with Crippen LogP contribution in [0.5, 0.6) is 0 Å². The number of hydrogen-bond donors (Lipinski definition) is 2. The van der Waals surface area contributed by atoms with Gasteiger partial charge in [0.05, 0.1) is 16.4 Å². The average molecular weight is 423 g/mol. The van der Waals surface area contributed by atoms with E-state index in [4.69, 9.17) is 45.5 Å². The summed E-state index contributed by atoms with van der Waals surface area (Å²) in [7, 11) is 0. The maximum atomic E-state index is 6.29. The number of nitrogens with one attached hydrogen (secondary N) is 1. The Morgan fingerprint density at radius 2 is 1.81 bits per heavy atom. The maximum Gasteiger partial charge on any atom is 0.135 e. The number of nitrogens with zero attached hydrogens (tertiary/aromatic N) is 1. The van der Waals surface area contributed by atoms with Crippen LogP contribution in [0.15, 0.2) is 47.4 Å². The summed E-state index contributed by atoms with van der Waals surface area (Å²) >= 11 is 20.3. The minimum Gasteiger partial charge on any atom is -0.339 e. The van der Waals surface area contributed by atoms with Gasteiger partial charge >= 0.3 is 0 Å². The number of anilines is 2. The summed E-state index contributed by atoms with van der Waals surface area (Å²) in [5.74, 6) is 1.54. The second-order valence-corrected chi connectivity index (χ2v) is 8.18. The van der Waals surface area contributed by atoms with Crippen molar-refractivity contribution < 1.29 is 0 Å². The highest BCUT2D eigenvalue weighted by Crippen LogP contribution is 2.43. The smallest absolute Gasteiger partial charge is 0.135 e. The Hall–Kier alpha value is -1.43. The molecular formula is C19H14Cl3N3S. The molecular weight excluding hydrogens is 409 g/mol. The van der Waals surface area contributed by atoms with E-state index in [2.05, 4.69) is 11.4 Å². The van der Waals surface area contributed by atoms with Gasteiger partial charge in [0, 0.05) is 38.4 Å². The molecule has 0 saturated carbocycles. The Kier molecular flexibility index (Phi) is 5.04. The molecule has 1 aromatic heterocycles. The van der Waals surface area contributed by atoms with Gasteiger partial charge in [0.25, 0.3) is 0 Å². The van der Waals surface area contributed by atoms with E-state index in [1.807, 2.05) is 24.3 Å². The van der Waals surface area contributed by atoms with E-state index in [0.717, 1.165) is 33.8 Å². The van der Waals surface area contributed by atoms with Gasteiger partial charge < -0.3 is 11.1 Å². The summed E-state index contributed by atoms with van der Waals surface area (Å²) in [5.41, 5.74) is 10.7. The van der Waals surface area contributed by atoms with Gasteiger partial charge in [-0.25, -0.2) is 4.98 Å². The SMILES string of the molecule is NCc1cc2c(nc1Nc1ccc(Cl)cc1Cl)-c1cc(Cl)ccc1SC2. The van der Waals surface area contributed by atoms with Crippen molar-refractivity contribution >= 4 is 58.1 Å². The molecule has 0 unspecified atom stereocenters. The van der Waals surface area contributed by atoms with E-state index >= 15 is 0 Å². The average Bonchev–Trinajstić information content (AvgIpc) is 2.63. The zero-order valence-electron chi connectivity index (χ0n) is 13.5. The molecule has 0 bridgehead atoms. The normalized spacial score (nSPS) is 12.5. The van der Waals surface area contributed by atoms with Crippen molar-refractivity contribution in [1.82, 2.24) is 4.98 Å². The predicted octanol–water partition coefficient (Wildman–Crippen LogP) is 6.52. The van der Waals surface area contributed by atoms with E-state index in [0.29, 0.717) is 27.4 Å². The van der Waals surface area contributed by atoms with Crippen LogP contribution >= 0.6 is 46.6 Å². The van der Waals surface area contributed by atoms with Crippen molar-refractivity contribution in [3.8, 4) is 11.3 Å². The Labute approximate surface area is 170 Å². The van der Waals surface area contributed by atoms with Crippen LogP contribution < -0.4 is 11.1 Å². The third kappa shape index (κ3) is 3.40. The van der Waals surface area contributed by atoms with Crippen molar-refractivity contribution in [3.63, 3.8) is 0 Å². The quantitative estimate of drug-likeness (QED) is 0.504. The molecule has 3 N–H and O–H groups in total. The van der Waals surface area contributed by atoms with E-state index in [9.17, 15) is 0 Å². The highest BCUT2D eigenvalue weighted by molar-refractivity contribution is 7.98. The molecule has 0 radical (unpaired) electrons. The summed E-state index contributed by atoms with van der Waals surface area (Å²) in [5, 5.41) is 5.09. The van der Waals surface area contributed by atoms with Gasteiger partial charge in [-0.1, -0.05) is 34.8 Å². The lowest BCUT2D eigenvalue weighted by molar-refractivity contribution is 1.04. The summed E-state index contributed by atoms with van der Waals surface area (Å²) < 4.78 is 0. The third-order valence-electron chi connectivity index (χ3n) is 4.16. The van der Waals surface area contributed by atoms with Gasteiger partial charge in [-0.15, -0.1) is 11.8 Å². The Bertz CT molecular complexity index is 1010. The molecule has 3 aromatic rings. The van der Waals surface area contributed by atoms with Crippen LogP contribution in [0.4, 0.5) is 11.5 Å². The first-order valence-electron chi connectivity index (χ1n) is 7.93. The van der Waals surface area contributed by atoms with Crippen LogP contribution in [0.3, 0.4) is 0 Å². The summed E-state index contributed by atoms with van der Waals surface area (Å²) in [6.07, 6.45) is 0. The molecule has 0 spiro atoms. The molecule has 0 amide bonds. The number of pyridine rings is 1. The van der Waals surface area contributed by atoms with E-state index in [-0.39, 0.29) is 0 Å². The molecule has 0 aliphatic carbocycles. The van der Waals surface area contributed by atoms with Crippen molar-refractivity contribution in [2.24, 2.45) is 5.73 Å². The van der Waals surface area contributed by atoms with Crippen molar-refractivity contribution in [1.29, 1.82) is 0 Å². The number of thioether (sulfide) groups is 1. The second-order valence-electron chi connectivity index (χ2n) is 5.89. The molecule has 1 aliphatic rings. The number of aromatic nitrogens is 1. The first-order chi connectivity index (χ1) is 12.5. The zero-order valence-corrected chi connectivity index (χ0v) is 16.6. The molecule has 26 heavy (non-hydrogen) atoms. The highest BCUT2D eigenvalue weighted by atomic mass is 35.5. The fourth-order valence-corrected chi connectivity index (χ4v) is 4.53. The van der Waals surface area contributed by atoms with E-state index in [1.54, 1.807) is 23.9 Å². The van der Waals surface area contributed by atoms with Gasteiger partial charge in [-0.2, -0.15) is 0 Å². The number of nitrogens with two attached hydrogens (primary N) is 1. The molecule has 0 fully saturated rings. The summed E-state index contributed by atoms with van der Waals surface area (Å²) in [6, 6.07) is 13.3. The fourth-order valence-electron chi connectivity index (χ4n) is 2.90. The number of hydrogen-bond acceptors (Lipinski definition) is 4. The van der Waals surface area contributed by atoms with Crippen LogP contribution in [-0.2, 0) is 12.3 Å². The molecule has 2 aromatic carbocycles. The first kappa shape index (κ1) is 18.0. The Morgan fingerprint density at radius 1 is 1.04 bits per heavy atom. The van der Waals surface area contributed by atoms with Crippen molar-refractivity contribution in [3.05, 3.63) is 68.7 Å². The molecule has 2 heterocycles. The predicted molar refractivity (Wildman–Crippen MR) is 112 cm³/mol. The molecule has 0 saturated heterocycles. The monoisotopic (exact) mass is 421 g/mol. The minimum atomic E-state index is 0.376. The van der Waals surface area contributed by atoms with Gasteiger partial charge in [0.1, 0.15) is 5.82 Å². The van der Waals surface area contributed by atoms with Crippen LogP contribution in [0, 0.1) is 0 Å². The highest BCUT2D eigenvalue weighted by Gasteiger charge is 2.21. The van der Waals surface area contributed by atoms with Crippen LogP contribution in [0.1, 0.15) is 11.1 Å². The number of halogens is 3. The fraction of sp³-hybridized carbons (Fsp3) is 0.105. The van der Waals surface area contributed by atoms with Crippen LogP contribution in [0.25, 0.3) is 11.3 Å². The lowest BCUT2D eigenvalue weighted by atomic mass is 10.0. The molecule has 4 rings (SSSR count). The summed E-state index contributed by atoms with van der Waals surface area (Å²) in [4.78, 5) is 6.04. The second kappa shape index (κ2) is 7.29. The Balaban J connectivity index is 1.82. The molecule has 1 aliphatic heterocycles. The van der Waals surface area contributed by atoms with E-state index in [1.165, 1.54) is 4.90 Å². The Morgan fingerprint density at radius 3 is 2.58 bits per heavy atom. The van der Waals surface area contributed by atoms with E-state index < -0.39 is 0 Å². The number of rotatable bonds is 3. The van der Waals surface area contributed by atoms with Gasteiger partial charge in [0.2, 0.25) is 0 Å². The molecule has 0 atom stereocenters. The van der Waals surface area contributed by atoms with Crippen LogP contribution in [-0.4, -0.2) is 4.98 Å². The van der Waals surface area contributed by atoms with Crippen molar-refractivity contribution in [2.45, 2.75) is 17.2 Å². The van der Waals surface area contributed by atoms with Gasteiger partial charge in [-0.3, -0.25) is 0 Å². The molecule has 7 heteroatoms. The standard InChI is InChI=1S/C19H14Cl3N3S/c20-12-2-4-17-14(6-12)18-11(9-26-17)5-10(8-23)19(25-18)24-16-3-1-13(21)7-15(16)22/h1-7H,8-9,23H2,(H,24,25). The number of benzene rings is 2. The van der Waals surface area contributed by atoms with Gasteiger partial charge in [0.15, 0.2) is 0 Å². The largest absolute Gasteiger partial charge is 0.339 e. The topological polar surface area (TPSA) is 50.9 Å². The first-order valence-corrected chi connectivity index (χ1v) is 10.0. The lowest BCUT2D eigenvalue weighted by Gasteiger charge is -2.22. The summed E-state index contributed by atoms with van der Waals surface area (Å²) in [6.45, 7) is 0.376. The lowest BCUT2D eigenvalue weighted by Crippen LogP contribution is -2.09. The van der Waals surface area contributed by atoms with Crippen molar-refractivity contribution in [2.75, 3.05) is 5.32 Å². The maximum absolute atomic E-state index is 6.29. The third-order valence-corrected chi connectivity index (χ3v) is 6.07.